The lowest BCUT2D eigenvalue weighted by atomic mass is 10.3. The Balaban J connectivity index is 1.83. The topological polar surface area (TPSA) is 55.3 Å². The van der Waals surface area contributed by atoms with Crippen LogP contribution in [0.5, 0.6) is 5.75 Å². The highest BCUT2D eigenvalue weighted by Crippen LogP contribution is 2.15. The third kappa shape index (κ3) is 4.43. The molecule has 0 aliphatic heterocycles. The molecule has 0 fully saturated rings. The second-order valence-electron chi connectivity index (χ2n) is 4.57. The van der Waals surface area contributed by atoms with E-state index in [1.807, 2.05) is 6.92 Å². The molecule has 1 heterocycles. The Hall–Kier alpha value is -2.14. The molecule has 0 spiro atoms. The number of carbonyl (C=O) groups is 1. The Labute approximate surface area is 128 Å². The van der Waals surface area contributed by atoms with Gasteiger partial charge in [0.25, 0.3) is 5.91 Å². The lowest BCUT2D eigenvalue weighted by Gasteiger charge is -2.17. The summed E-state index contributed by atoms with van der Waals surface area (Å²) in [5, 5.41) is 0.660. The van der Waals surface area contributed by atoms with Crippen molar-refractivity contribution in [2.45, 2.75) is 6.92 Å². The van der Waals surface area contributed by atoms with Crippen LogP contribution < -0.4 is 4.74 Å². The number of likely N-dealkylation sites (N-methyl/N-ethyl adjacent to an activating group) is 1. The second-order valence-corrected chi connectivity index (χ2v) is 5.01. The number of amides is 1. The molecule has 0 unspecified atom stereocenters. The van der Waals surface area contributed by atoms with Crippen molar-refractivity contribution < 1.29 is 9.53 Å². The summed E-state index contributed by atoms with van der Waals surface area (Å²) >= 11 is 5.80. The van der Waals surface area contributed by atoms with E-state index in [0.29, 0.717) is 23.9 Å². The third-order valence-electron chi connectivity index (χ3n) is 2.86. The molecular weight excluding hydrogens is 290 g/mol. The van der Waals surface area contributed by atoms with Crippen LogP contribution in [0, 0.1) is 6.92 Å². The van der Waals surface area contributed by atoms with E-state index in [1.54, 1.807) is 42.4 Å². The molecule has 2 aromatic rings. The van der Waals surface area contributed by atoms with Crippen molar-refractivity contribution in [3.8, 4) is 5.75 Å². The zero-order chi connectivity index (χ0) is 15.2. The van der Waals surface area contributed by atoms with E-state index in [-0.39, 0.29) is 5.91 Å². The lowest BCUT2D eigenvalue weighted by Crippen LogP contribution is -2.31. The number of rotatable bonds is 5. The van der Waals surface area contributed by atoms with Crippen molar-refractivity contribution in [1.29, 1.82) is 0 Å². The molecule has 110 valence electrons. The van der Waals surface area contributed by atoms with E-state index in [2.05, 4.69) is 9.97 Å². The maximum atomic E-state index is 12.1. The molecule has 5 nitrogen and oxygen atoms in total. The van der Waals surface area contributed by atoms with E-state index in [1.165, 1.54) is 6.20 Å². The highest BCUT2D eigenvalue weighted by atomic mass is 35.5. The van der Waals surface area contributed by atoms with Gasteiger partial charge in [0, 0.05) is 18.3 Å². The van der Waals surface area contributed by atoms with Gasteiger partial charge in [0.2, 0.25) is 0 Å². The summed E-state index contributed by atoms with van der Waals surface area (Å²) in [7, 11) is 1.70. The van der Waals surface area contributed by atoms with Crippen molar-refractivity contribution in [2.75, 3.05) is 20.2 Å². The number of aryl methyl sites for hydroxylation is 1. The maximum Gasteiger partial charge on any atom is 0.273 e. The first kappa shape index (κ1) is 15.3. The minimum atomic E-state index is -0.179. The average Bonchev–Trinajstić information content (AvgIpc) is 2.49. The zero-order valence-corrected chi connectivity index (χ0v) is 12.7. The van der Waals surface area contributed by atoms with Gasteiger partial charge in [-0.25, -0.2) is 4.98 Å². The average molecular weight is 306 g/mol. The summed E-state index contributed by atoms with van der Waals surface area (Å²) in [6.45, 7) is 2.67. The summed E-state index contributed by atoms with van der Waals surface area (Å²) < 4.78 is 5.55. The molecule has 0 N–H and O–H groups in total. The van der Waals surface area contributed by atoms with Crippen LogP contribution in [0.4, 0.5) is 0 Å². The molecule has 6 heteroatoms. The fourth-order valence-electron chi connectivity index (χ4n) is 1.63. The van der Waals surface area contributed by atoms with Crippen molar-refractivity contribution in [3.63, 3.8) is 0 Å². The molecule has 1 aromatic carbocycles. The predicted molar refractivity (Wildman–Crippen MR) is 80.7 cm³/mol. The maximum absolute atomic E-state index is 12.1. The summed E-state index contributed by atoms with van der Waals surface area (Å²) in [5.41, 5.74) is 1.11. The van der Waals surface area contributed by atoms with Gasteiger partial charge in [-0.3, -0.25) is 9.78 Å². The molecule has 0 bridgehead atoms. The summed E-state index contributed by atoms with van der Waals surface area (Å²) in [6.07, 6.45) is 3.06. The van der Waals surface area contributed by atoms with Gasteiger partial charge in [-0.2, -0.15) is 0 Å². The minimum absolute atomic E-state index is 0.179. The molecule has 0 aliphatic carbocycles. The van der Waals surface area contributed by atoms with E-state index < -0.39 is 0 Å². The standard InChI is InChI=1S/C15H16ClN3O2/c1-11-9-18-14(10-17-11)15(20)19(2)7-8-21-13-5-3-12(16)4-6-13/h3-6,9-10H,7-8H2,1-2H3. The Kier molecular flexibility index (Phi) is 5.11. The number of benzene rings is 1. The molecule has 1 amide bonds. The first-order chi connectivity index (χ1) is 10.1. The molecule has 0 saturated heterocycles. The van der Waals surface area contributed by atoms with Gasteiger partial charge >= 0.3 is 0 Å². The fraction of sp³-hybridized carbons (Fsp3) is 0.267. The van der Waals surface area contributed by atoms with Gasteiger partial charge in [-0.05, 0) is 31.2 Å². The second kappa shape index (κ2) is 7.04. The highest BCUT2D eigenvalue weighted by molar-refractivity contribution is 6.30. The summed E-state index contributed by atoms with van der Waals surface area (Å²) in [6, 6.07) is 7.09. The molecule has 0 atom stereocenters. The van der Waals surface area contributed by atoms with Crippen LogP contribution in [-0.2, 0) is 0 Å². The lowest BCUT2D eigenvalue weighted by molar-refractivity contribution is 0.0767. The fourth-order valence-corrected chi connectivity index (χ4v) is 1.76. The van der Waals surface area contributed by atoms with Crippen LogP contribution in [0.3, 0.4) is 0 Å². The Morgan fingerprint density at radius 3 is 2.57 bits per heavy atom. The minimum Gasteiger partial charge on any atom is -0.492 e. The van der Waals surface area contributed by atoms with E-state index in [4.69, 9.17) is 16.3 Å². The number of hydrogen-bond acceptors (Lipinski definition) is 4. The highest BCUT2D eigenvalue weighted by Gasteiger charge is 2.13. The number of ether oxygens (including phenoxy) is 1. The van der Waals surface area contributed by atoms with Crippen LogP contribution >= 0.6 is 11.6 Å². The Morgan fingerprint density at radius 2 is 1.95 bits per heavy atom. The van der Waals surface area contributed by atoms with Gasteiger partial charge < -0.3 is 9.64 Å². The van der Waals surface area contributed by atoms with Crippen LogP contribution in [0.15, 0.2) is 36.7 Å². The number of carbonyl (C=O) groups excluding carboxylic acids is 1. The number of halogens is 1. The van der Waals surface area contributed by atoms with E-state index in [0.717, 1.165) is 11.4 Å². The number of aromatic nitrogens is 2. The van der Waals surface area contributed by atoms with Crippen molar-refractivity contribution in [2.24, 2.45) is 0 Å². The van der Waals surface area contributed by atoms with Gasteiger partial charge in [0.15, 0.2) is 0 Å². The molecule has 2 rings (SSSR count). The normalized spacial score (nSPS) is 10.2. The number of hydrogen-bond donors (Lipinski definition) is 0. The van der Waals surface area contributed by atoms with Crippen LogP contribution in [0.2, 0.25) is 5.02 Å². The predicted octanol–water partition coefficient (Wildman–Crippen LogP) is 2.59. The quantitative estimate of drug-likeness (QED) is 0.852. The molecule has 1 aromatic heterocycles. The SMILES string of the molecule is Cc1cnc(C(=O)N(C)CCOc2ccc(Cl)cc2)cn1. The Bertz CT molecular complexity index is 599. The molecule has 0 aliphatic rings. The van der Waals surface area contributed by atoms with Crippen molar-refractivity contribution >= 4 is 17.5 Å². The van der Waals surface area contributed by atoms with Crippen LogP contribution in [0.25, 0.3) is 0 Å². The van der Waals surface area contributed by atoms with Gasteiger partial charge in [0.1, 0.15) is 18.1 Å². The summed E-state index contributed by atoms with van der Waals surface area (Å²) in [5.74, 6) is 0.539. The monoisotopic (exact) mass is 305 g/mol. The van der Waals surface area contributed by atoms with Gasteiger partial charge in [-0.15, -0.1) is 0 Å². The first-order valence-corrected chi connectivity index (χ1v) is 6.86. The zero-order valence-electron chi connectivity index (χ0n) is 11.9. The molecule has 21 heavy (non-hydrogen) atoms. The van der Waals surface area contributed by atoms with Gasteiger partial charge in [0.05, 0.1) is 18.4 Å². The molecular formula is C15H16ClN3O2. The number of nitrogens with zero attached hydrogens (tertiary/aromatic N) is 3. The first-order valence-electron chi connectivity index (χ1n) is 6.49. The molecule has 0 radical (unpaired) electrons. The van der Waals surface area contributed by atoms with Crippen molar-refractivity contribution in [3.05, 3.63) is 53.1 Å². The smallest absolute Gasteiger partial charge is 0.273 e. The largest absolute Gasteiger partial charge is 0.492 e. The van der Waals surface area contributed by atoms with Crippen LogP contribution in [-0.4, -0.2) is 41.0 Å². The van der Waals surface area contributed by atoms with Crippen molar-refractivity contribution in [1.82, 2.24) is 14.9 Å². The summed E-state index contributed by atoms with van der Waals surface area (Å²) in [4.78, 5) is 21.8. The van der Waals surface area contributed by atoms with Crippen LogP contribution in [0.1, 0.15) is 16.2 Å². The Morgan fingerprint density at radius 1 is 1.24 bits per heavy atom. The van der Waals surface area contributed by atoms with E-state index in [9.17, 15) is 4.79 Å². The van der Waals surface area contributed by atoms with E-state index >= 15 is 0 Å². The molecule has 0 saturated carbocycles. The third-order valence-corrected chi connectivity index (χ3v) is 3.11. The van der Waals surface area contributed by atoms with Gasteiger partial charge in [-0.1, -0.05) is 11.6 Å².